The van der Waals surface area contributed by atoms with Gasteiger partial charge in [-0.05, 0) is 83.7 Å². The third-order valence-electron chi connectivity index (χ3n) is 9.25. The van der Waals surface area contributed by atoms with Crippen molar-refractivity contribution in [1.29, 1.82) is 0 Å². The lowest BCUT2D eigenvalue weighted by Crippen LogP contribution is -2.62. The molecule has 0 bridgehead atoms. The number of carbonyl (C=O) groups is 1. The van der Waals surface area contributed by atoms with Crippen LogP contribution in [-0.4, -0.2) is 60.5 Å². The molecular weight excluding hydrogens is 571 g/mol. The molecule has 1 aliphatic heterocycles. The number of methoxy groups -OCH3 is 1. The summed E-state index contributed by atoms with van der Waals surface area (Å²) in [5.41, 5.74) is 1.23. The Labute approximate surface area is 253 Å². The number of fused-ring (bicyclic) bond motifs is 1. The number of nitrogens with one attached hydrogen (secondary N) is 2. The highest BCUT2D eigenvalue weighted by Crippen LogP contribution is 2.38. The van der Waals surface area contributed by atoms with Crippen molar-refractivity contribution in [2.75, 3.05) is 19.5 Å². The summed E-state index contributed by atoms with van der Waals surface area (Å²) in [6.45, 7) is 8.62. The molecule has 2 aliphatic rings. The molecule has 2 aromatic heterocycles. The van der Waals surface area contributed by atoms with E-state index in [1.807, 2.05) is 6.07 Å². The SMILES string of the molecule is COc1ccc2nc(NC(=O)C(CC3CCCC3)c3ccc(S(=O)(=O)NC4CC(C)(C)N(C)C(C)(C)C4)cc3)sc2n1. The van der Waals surface area contributed by atoms with Crippen LogP contribution in [0.1, 0.15) is 84.1 Å². The number of ether oxygens (including phenoxy) is 1. The summed E-state index contributed by atoms with van der Waals surface area (Å²) in [6.07, 6.45) is 6.73. The molecule has 5 rings (SSSR count). The van der Waals surface area contributed by atoms with E-state index < -0.39 is 15.9 Å². The lowest BCUT2D eigenvalue weighted by molar-refractivity contribution is -0.118. The van der Waals surface area contributed by atoms with Crippen molar-refractivity contribution in [2.45, 2.75) is 101 Å². The van der Waals surface area contributed by atoms with Crippen molar-refractivity contribution < 1.29 is 17.9 Å². The maximum absolute atomic E-state index is 13.7. The van der Waals surface area contributed by atoms with Crippen molar-refractivity contribution in [3.8, 4) is 5.88 Å². The van der Waals surface area contributed by atoms with Crippen LogP contribution in [0.2, 0.25) is 0 Å². The molecule has 1 amide bonds. The molecule has 9 nitrogen and oxygen atoms in total. The quantitative estimate of drug-likeness (QED) is 0.307. The van der Waals surface area contributed by atoms with E-state index in [9.17, 15) is 13.2 Å². The second-order valence-electron chi connectivity index (χ2n) is 13.1. The molecule has 0 radical (unpaired) electrons. The normalized spacial score (nSPS) is 20.5. The van der Waals surface area contributed by atoms with E-state index in [-0.39, 0.29) is 27.9 Å². The molecule has 1 saturated carbocycles. The number of nitrogens with zero attached hydrogens (tertiary/aromatic N) is 3. The maximum Gasteiger partial charge on any atom is 0.240 e. The standard InChI is InChI=1S/C31H43N5O4S2/c1-30(2)18-22(19-31(3,4)36(30)5)35-42(38,39)23-13-11-21(12-14-23)24(17-20-9-7-8-10-20)27(37)34-29-32-25-15-16-26(40-6)33-28(25)41-29/h11-16,20,22,24,35H,7-10,17-19H2,1-6H3,(H,32,34,37). The lowest BCUT2D eigenvalue weighted by atomic mass is 9.78. The average molecular weight is 614 g/mol. The summed E-state index contributed by atoms with van der Waals surface area (Å²) in [4.78, 5) is 25.9. The molecule has 1 aliphatic carbocycles. The number of benzene rings is 1. The van der Waals surface area contributed by atoms with Crippen molar-refractivity contribution in [2.24, 2.45) is 5.92 Å². The van der Waals surface area contributed by atoms with Crippen molar-refractivity contribution in [3.63, 3.8) is 0 Å². The Morgan fingerprint density at radius 3 is 2.31 bits per heavy atom. The molecule has 3 heterocycles. The number of sulfonamides is 1. The third kappa shape index (κ3) is 6.64. The number of hydrogen-bond acceptors (Lipinski definition) is 8. The number of piperidine rings is 1. The fraction of sp³-hybridized carbons (Fsp3) is 0.581. The summed E-state index contributed by atoms with van der Waals surface area (Å²) in [5.74, 6) is 0.402. The van der Waals surface area contributed by atoms with Crippen LogP contribution in [0.4, 0.5) is 5.13 Å². The highest BCUT2D eigenvalue weighted by Gasteiger charge is 2.44. The first-order chi connectivity index (χ1) is 19.8. The van der Waals surface area contributed by atoms with Crippen LogP contribution in [0.15, 0.2) is 41.3 Å². The topological polar surface area (TPSA) is 114 Å². The number of rotatable bonds is 9. The van der Waals surface area contributed by atoms with Crippen molar-refractivity contribution in [3.05, 3.63) is 42.0 Å². The van der Waals surface area contributed by atoms with Gasteiger partial charge in [-0.2, -0.15) is 0 Å². The van der Waals surface area contributed by atoms with E-state index in [0.29, 0.717) is 33.7 Å². The van der Waals surface area contributed by atoms with Gasteiger partial charge in [-0.3, -0.25) is 9.69 Å². The Morgan fingerprint density at radius 1 is 1.05 bits per heavy atom. The van der Waals surface area contributed by atoms with Gasteiger partial charge in [0.25, 0.3) is 0 Å². The van der Waals surface area contributed by atoms with Crippen molar-refractivity contribution >= 4 is 42.7 Å². The van der Waals surface area contributed by atoms with Crippen LogP contribution in [0.3, 0.4) is 0 Å². The minimum Gasteiger partial charge on any atom is -0.481 e. The molecule has 1 aromatic carbocycles. The second kappa shape index (κ2) is 11.8. The molecular formula is C31H43N5O4S2. The molecule has 1 saturated heterocycles. The fourth-order valence-corrected chi connectivity index (χ4v) is 8.82. The third-order valence-corrected chi connectivity index (χ3v) is 11.7. The minimum atomic E-state index is -3.73. The second-order valence-corrected chi connectivity index (χ2v) is 15.8. The van der Waals surface area contributed by atoms with Gasteiger partial charge in [0.2, 0.25) is 21.8 Å². The number of aromatic nitrogens is 2. The van der Waals surface area contributed by atoms with E-state index in [0.717, 1.165) is 31.2 Å². The van der Waals surface area contributed by atoms with Crippen LogP contribution in [0.25, 0.3) is 10.3 Å². The fourth-order valence-electron chi connectivity index (χ4n) is 6.76. The van der Waals surface area contributed by atoms with Gasteiger partial charge in [-0.25, -0.2) is 23.1 Å². The number of amides is 1. The largest absolute Gasteiger partial charge is 0.481 e. The monoisotopic (exact) mass is 613 g/mol. The first-order valence-corrected chi connectivity index (χ1v) is 17.1. The molecule has 1 atom stereocenters. The van der Waals surface area contributed by atoms with Crippen LogP contribution in [-0.2, 0) is 14.8 Å². The molecule has 2 N–H and O–H groups in total. The number of likely N-dealkylation sites (tertiary alicyclic amines) is 1. The number of anilines is 1. The predicted octanol–water partition coefficient (Wildman–Crippen LogP) is 5.93. The average Bonchev–Trinajstić information content (AvgIpc) is 3.58. The van der Waals surface area contributed by atoms with Crippen LogP contribution in [0, 0.1) is 5.92 Å². The highest BCUT2D eigenvalue weighted by molar-refractivity contribution is 7.89. The Morgan fingerprint density at radius 2 is 1.69 bits per heavy atom. The molecule has 2 fully saturated rings. The Balaban J connectivity index is 1.34. The Hall–Kier alpha value is -2.60. The first-order valence-electron chi connectivity index (χ1n) is 14.8. The molecule has 0 spiro atoms. The summed E-state index contributed by atoms with van der Waals surface area (Å²) in [7, 11) is -0.0592. The maximum atomic E-state index is 13.7. The van der Waals surface area contributed by atoms with Crippen LogP contribution in [0.5, 0.6) is 5.88 Å². The van der Waals surface area contributed by atoms with Gasteiger partial charge >= 0.3 is 0 Å². The highest BCUT2D eigenvalue weighted by atomic mass is 32.2. The van der Waals surface area contributed by atoms with E-state index >= 15 is 0 Å². The summed E-state index contributed by atoms with van der Waals surface area (Å²) < 4.78 is 35.1. The summed E-state index contributed by atoms with van der Waals surface area (Å²) in [5, 5.41) is 3.50. The zero-order valence-electron chi connectivity index (χ0n) is 25.4. The van der Waals surface area contributed by atoms with E-state index in [1.54, 1.807) is 37.4 Å². The summed E-state index contributed by atoms with van der Waals surface area (Å²) in [6, 6.07) is 10.2. The molecule has 3 aromatic rings. The molecule has 1 unspecified atom stereocenters. The number of pyridine rings is 1. The zero-order valence-corrected chi connectivity index (χ0v) is 27.1. The minimum absolute atomic E-state index is 0.134. The Bertz CT molecular complexity index is 1510. The van der Waals surface area contributed by atoms with Gasteiger partial charge in [0.1, 0.15) is 10.3 Å². The number of thiazole rings is 1. The van der Waals surface area contributed by atoms with E-state index in [4.69, 9.17) is 4.74 Å². The van der Waals surface area contributed by atoms with Gasteiger partial charge in [-0.15, -0.1) is 0 Å². The molecule has 42 heavy (non-hydrogen) atoms. The van der Waals surface area contributed by atoms with Crippen molar-refractivity contribution in [1.82, 2.24) is 19.6 Å². The van der Waals surface area contributed by atoms with E-state index in [2.05, 4.69) is 59.6 Å². The van der Waals surface area contributed by atoms with Gasteiger partial charge in [0.05, 0.1) is 17.9 Å². The van der Waals surface area contributed by atoms with Crippen LogP contribution < -0.4 is 14.8 Å². The van der Waals surface area contributed by atoms with Gasteiger partial charge in [0, 0.05) is 23.2 Å². The molecule has 11 heteroatoms. The Kier molecular flexibility index (Phi) is 8.68. The van der Waals surface area contributed by atoms with Gasteiger partial charge in [0.15, 0.2) is 5.13 Å². The van der Waals surface area contributed by atoms with Crippen LogP contribution >= 0.6 is 11.3 Å². The smallest absolute Gasteiger partial charge is 0.240 e. The first kappa shape index (κ1) is 30.8. The molecule has 228 valence electrons. The zero-order chi connectivity index (χ0) is 30.3. The number of carbonyl (C=O) groups excluding carboxylic acids is 1. The van der Waals surface area contributed by atoms with Gasteiger partial charge in [-0.1, -0.05) is 49.2 Å². The van der Waals surface area contributed by atoms with Gasteiger partial charge < -0.3 is 10.1 Å². The summed E-state index contributed by atoms with van der Waals surface area (Å²) >= 11 is 1.31. The predicted molar refractivity (Wildman–Crippen MR) is 168 cm³/mol. The number of hydrogen-bond donors (Lipinski definition) is 2. The van der Waals surface area contributed by atoms with E-state index in [1.165, 1.54) is 24.2 Å². The lowest BCUT2D eigenvalue weighted by Gasteiger charge is -2.53.